The van der Waals surface area contributed by atoms with Gasteiger partial charge in [-0.05, 0) is 38.5 Å². The molecule has 0 bridgehead atoms. The normalized spacial score (nSPS) is 15.0. The van der Waals surface area contributed by atoms with Gasteiger partial charge in [-0.2, -0.15) is 0 Å². The van der Waals surface area contributed by atoms with Crippen molar-refractivity contribution >= 4 is 11.6 Å². The fourth-order valence-electron chi connectivity index (χ4n) is 2.36. The number of hydrogen-bond donors (Lipinski definition) is 2. The average Bonchev–Trinajstić information content (AvgIpc) is 2.48. The SMILES string of the molecule is COc1ccc(O)c2c1C(=O)C([C@H](O)CC=C(C)C)=CC2=O. The summed E-state index contributed by atoms with van der Waals surface area (Å²) in [4.78, 5) is 24.8. The van der Waals surface area contributed by atoms with Crippen molar-refractivity contribution in [3.8, 4) is 11.5 Å². The molecule has 0 radical (unpaired) electrons. The van der Waals surface area contributed by atoms with E-state index in [1.807, 2.05) is 13.8 Å². The second-order valence-corrected chi connectivity index (χ2v) is 5.36. The van der Waals surface area contributed by atoms with Gasteiger partial charge in [0.1, 0.15) is 11.5 Å². The van der Waals surface area contributed by atoms with Gasteiger partial charge in [-0.15, -0.1) is 0 Å². The van der Waals surface area contributed by atoms with E-state index in [9.17, 15) is 19.8 Å². The standard InChI is InChI=1S/C17H18O5/c1-9(2)4-5-11(18)10-8-13(20)15-12(19)6-7-14(22-3)16(15)17(10)21/h4,6-8,11,18-19H,5H2,1-3H3/t11-/m1/s1. The number of benzene rings is 1. The Bertz CT molecular complexity index is 693. The highest BCUT2D eigenvalue weighted by molar-refractivity contribution is 6.27. The Kier molecular flexibility index (Phi) is 4.47. The van der Waals surface area contributed by atoms with Crippen LogP contribution in [0, 0.1) is 0 Å². The molecule has 0 unspecified atom stereocenters. The minimum Gasteiger partial charge on any atom is -0.507 e. The Morgan fingerprint density at radius 2 is 1.95 bits per heavy atom. The van der Waals surface area contributed by atoms with Gasteiger partial charge in [0, 0.05) is 5.57 Å². The molecule has 1 aliphatic carbocycles. The number of carbonyl (C=O) groups excluding carboxylic acids is 2. The van der Waals surface area contributed by atoms with E-state index in [1.54, 1.807) is 6.08 Å². The predicted octanol–water partition coefficient (Wildman–Crippen LogP) is 2.42. The van der Waals surface area contributed by atoms with E-state index in [1.165, 1.54) is 19.2 Å². The number of ketones is 2. The van der Waals surface area contributed by atoms with Crippen LogP contribution in [0.25, 0.3) is 0 Å². The molecule has 0 saturated heterocycles. The lowest BCUT2D eigenvalue weighted by atomic mass is 9.85. The number of methoxy groups -OCH3 is 1. The fraction of sp³-hybridized carbons (Fsp3) is 0.294. The maximum absolute atomic E-state index is 12.6. The first-order valence-electron chi connectivity index (χ1n) is 6.88. The van der Waals surface area contributed by atoms with Gasteiger partial charge in [-0.25, -0.2) is 0 Å². The molecule has 0 aliphatic heterocycles. The number of allylic oxidation sites excluding steroid dienone is 2. The zero-order chi connectivity index (χ0) is 16.4. The summed E-state index contributed by atoms with van der Waals surface area (Å²) in [5.41, 5.74) is 0.938. The van der Waals surface area contributed by atoms with E-state index in [0.29, 0.717) is 0 Å². The van der Waals surface area contributed by atoms with E-state index in [2.05, 4.69) is 0 Å². The number of phenols is 1. The Balaban J connectivity index is 2.49. The van der Waals surface area contributed by atoms with Crippen molar-refractivity contribution in [3.05, 3.63) is 46.6 Å². The molecular formula is C17H18O5. The van der Waals surface area contributed by atoms with E-state index >= 15 is 0 Å². The number of rotatable bonds is 4. The molecule has 116 valence electrons. The van der Waals surface area contributed by atoms with E-state index in [4.69, 9.17) is 4.74 Å². The van der Waals surface area contributed by atoms with Crippen LogP contribution in [0.5, 0.6) is 11.5 Å². The molecule has 5 nitrogen and oxygen atoms in total. The maximum atomic E-state index is 12.6. The summed E-state index contributed by atoms with van der Waals surface area (Å²) in [6.07, 6.45) is 2.04. The number of aliphatic hydroxyl groups excluding tert-OH is 1. The smallest absolute Gasteiger partial charge is 0.196 e. The predicted molar refractivity (Wildman–Crippen MR) is 81.5 cm³/mol. The molecule has 1 aromatic carbocycles. The van der Waals surface area contributed by atoms with Crippen LogP contribution in [0.15, 0.2) is 35.4 Å². The van der Waals surface area contributed by atoms with Gasteiger partial charge in [0.15, 0.2) is 11.6 Å². The van der Waals surface area contributed by atoms with Crippen LogP contribution in [0.2, 0.25) is 0 Å². The van der Waals surface area contributed by atoms with E-state index in [0.717, 1.165) is 11.6 Å². The van der Waals surface area contributed by atoms with Crippen LogP contribution in [0.3, 0.4) is 0 Å². The van der Waals surface area contributed by atoms with Crippen molar-refractivity contribution < 1.29 is 24.5 Å². The Hall–Kier alpha value is -2.40. The van der Waals surface area contributed by atoms with Gasteiger partial charge in [0.25, 0.3) is 0 Å². The third-order valence-electron chi connectivity index (χ3n) is 3.50. The van der Waals surface area contributed by atoms with Crippen LogP contribution in [-0.4, -0.2) is 35.0 Å². The number of hydrogen-bond acceptors (Lipinski definition) is 5. The summed E-state index contributed by atoms with van der Waals surface area (Å²) in [6, 6.07) is 2.73. The second-order valence-electron chi connectivity index (χ2n) is 5.36. The molecule has 0 saturated carbocycles. The van der Waals surface area contributed by atoms with Gasteiger partial charge in [0.2, 0.25) is 0 Å². The van der Waals surface area contributed by atoms with Crippen LogP contribution in [0.1, 0.15) is 41.0 Å². The van der Waals surface area contributed by atoms with Gasteiger partial charge in [0.05, 0.1) is 24.3 Å². The highest BCUT2D eigenvalue weighted by atomic mass is 16.5. The maximum Gasteiger partial charge on any atom is 0.196 e. The van der Waals surface area contributed by atoms with Crippen molar-refractivity contribution in [2.75, 3.05) is 7.11 Å². The number of carbonyl (C=O) groups is 2. The number of aliphatic hydroxyl groups is 1. The average molecular weight is 302 g/mol. The minimum atomic E-state index is -1.08. The zero-order valence-corrected chi connectivity index (χ0v) is 12.7. The first-order valence-corrected chi connectivity index (χ1v) is 6.88. The molecule has 0 amide bonds. The summed E-state index contributed by atoms with van der Waals surface area (Å²) in [7, 11) is 1.38. The monoisotopic (exact) mass is 302 g/mol. The molecule has 22 heavy (non-hydrogen) atoms. The van der Waals surface area contributed by atoms with E-state index in [-0.39, 0.29) is 34.6 Å². The van der Waals surface area contributed by atoms with Crippen LogP contribution >= 0.6 is 0 Å². The van der Waals surface area contributed by atoms with Crippen LogP contribution in [-0.2, 0) is 0 Å². The first kappa shape index (κ1) is 16.0. The topological polar surface area (TPSA) is 83.8 Å². The van der Waals surface area contributed by atoms with Crippen molar-refractivity contribution in [2.24, 2.45) is 0 Å². The number of phenolic OH excluding ortho intramolecular Hbond substituents is 1. The van der Waals surface area contributed by atoms with Gasteiger partial charge in [-0.1, -0.05) is 11.6 Å². The number of Topliss-reactive ketones (excluding diaryl/α,β-unsaturated/α-hetero) is 1. The first-order chi connectivity index (χ1) is 10.4. The second kappa shape index (κ2) is 6.15. The van der Waals surface area contributed by atoms with Gasteiger partial charge >= 0.3 is 0 Å². The van der Waals surface area contributed by atoms with Crippen molar-refractivity contribution in [2.45, 2.75) is 26.4 Å². The lowest BCUT2D eigenvalue weighted by molar-refractivity contribution is 0.0943. The molecule has 0 fully saturated rings. The number of fused-ring (bicyclic) bond motifs is 1. The highest BCUT2D eigenvalue weighted by Crippen LogP contribution is 2.36. The summed E-state index contributed by atoms with van der Waals surface area (Å²) in [6.45, 7) is 3.76. The number of aromatic hydroxyl groups is 1. The molecule has 2 rings (SSSR count). The summed E-state index contributed by atoms with van der Waals surface area (Å²) in [5, 5.41) is 20.0. The minimum absolute atomic E-state index is 0.00116. The van der Waals surface area contributed by atoms with Gasteiger partial charge < -0.3 is 14.9 Å². The molecule has 5 heteroatoms. The molecule has 0 heterocycles. The Morgan fingerprint density at radius 3 is 2.55 bits per heavy atom. The summed E-state index contributed by atoms with van der Waals surface area (Å²) in [5.74, 6) is -1.09. The van der Waals surface area contributed by atoms with E-state index < -0.39 is 17.7 Å². The molecule has 1 atom stereocenters. The Morgan fingerprint density at radius 1 is 1.27 bits per heavy atom. The summed E-state index contributed by atoms with van der Waals surface area (Å²) >= 11 is 0. The third kappa shape index (κ3) is 2.80. The zero-order valence-electron chi connectivity index (χ0n) is 12.7. The number of ether oxygens (including phenoxy) is 1. The quantitative estimate of drug-likeness (QED) is 0.834. The Labute approximate surface area is 128 Å². The molecule has 1 aromatic rings. The fourth-order valence-corrected chi connectivity index (χ4v) is 2.36. The van der Waals surface area contributed by atoms with Crippen molar-refractivity contribution in [3.63, 3.8) is 0 Å². The summed E-state index contributed by atoms with van der Waals surface area (Å²) < 4.78 is 5.11. The molecule has 0 spiro atoms. The van der Waals surface area contributed by atoms with Crippen molar-refractivity contribution in [1.82, 2.24) is 0 Å². The lowest BCUT2D eigenvalue weighted by Crippen LogP contribution is -2.25. The van der Waals surface area contributed by atoms with Gasteiger partial charge in [-0.3, -0.25) is 9.59 Å². The van der Waals surface area contributed by atoms with Crippen LogP contribution < -0.4 is 4.74 Å². The third-order valence-corrected chi connectivity index (χ3v) is 3.50. The highest BCUT2D eigenvalue weighted by Gasteiger charge is 2.33. The van der Waals surface area contributed by atoms with Crippen molar-refractivity contribution in [1.29, 1.82) is 0 Å². The molecule has 0 aromatic heterocycles. The molecular weight excluding hydrogens is 284 g/mol. The van der Waals surface area contributed by atoms with Crippen LogP contribution in [0.4, 0.5) is 0 Å². The largest absolute Gasteiger partial charge is 0.507 e. The molecule has 1 aliphatic rings. The molecule has 2 N–H and O–H groups in total. The lowest BCUT2D eigenvalue weighted by Gasteiger charge is -2.21.